The standard InChI is InChI=1S/C27H33Cl2FN2O3S/c1-5-12-27(4)16-24(19-13-21(29)15-22(30)14-19)25(18-8-10-20(28)11-9-18)32(26(27)33)23(6-2)17-31-36(34,35)7-3/h5,8-11,13-15,23-25,31H,1,6-7,12,16-17H2,2-4H3/t23-,24+,25+,27-/m0/s1. The molecule has 3 rings (SSSR count). The molecule has 0 spiro atoms. The highest BCUT2D eigenvalue weighted by molar-refractivity contribution is 7.89. The quantitative estimate of drug-likeness (QED) is 0.341. The van der Waals surface area contributed by atoms with Crippen molar-refractivity contribution in [3.8, 4) is 0 Å². The average Bonchev–Trinajstić information content (AvgIpc) is 2.82. The van der Waals surface area contributed by atoms with E-state index in [2.05, 4.69) is 11.3 Å². The Morgan fingerprint density at radius 3 is 2.39 bits per heavy atom. The number of piperidine rings is 1. The lowest BCUT2D eigenvalue weighted by Gasteiger charge is -2.52. The molecule has 1 heterocycles. The molecular weight excluding hydrogens is 522 g/mol. The largest absolute Gasteiger partial charge is 0.330 e. The number of carbonyl (C=O) groups excluding carboxylic acids is 1. The van der Waals surface area contributed by atoms with Crippen LogP contribution in [0.1, 0.15) is 63.1 Å². The van der Waals surface area contributed by atoms with Gasteiger partial charge in [0, 0.05) is 28.5 Å². The third-order valence-electron chi connectivity index (χ3n) is 7.01. The fourth-order valence-corrected chi connectivity index (χ4v) is 6.11. The van der Waals surface area contributed by atoms with Crippen molar-refractivity contribution in [3.63, 3.8) is 0 Å². The summed E-state index contributed by atoms with van der Waals surface area (Å²) in [6.07, 6.45) is 3.10. The average molecular weight is 556 g/mol. The summed E-state index contributed by atoms with van der Waals surface area (Å²) in [5.41, 5.74) is 0.692. The lowest BCUT2D eigenvalue weighted by Crippen LogP contribution is -2.57. The zero-order chi connectivity index (χ0) is 26.7. The number of carbonyl (C=O) groups is 1. The molecule has 0 aliphatic carbocycles. The van der Waals surface area contributed by atoms with Crippen molar-refractivity contribution in [2.45, 2.75) is 58.0 Å². The number of nitrogens with zero attached hydrogens (tertiary/aromatic N) is 1. The molecule has 0 bridgehead atoms. The Balaban J connectivity index is 2.22. The van der Waals surface area contributed by atoms with Crippen molar-refractivity contribution in [1.82, 2.24) is 9.62 Å². The van der Waals surface area contributed by atoms with Gasteiger partial charge < -0.3 is 4.90 Å². The zero-order valence-electron chi connectivity index (χ0n) is 20.8. The van der Waals surface area contributed by atoms with E-state index in [1.54, 1.807) is 36.1 Å². The van der Waals surface area contributed by atoms with Gasteiger partial charge in [0.25, 0.3) is 0 Å². The molecule has 196 valence electrons. The summed E-state index contributed by atoms with van der Waals surface area (Å²) in [6.45, 7) is 9.31. The molecule has 0 unspecified atom stereocenters. The van der Waals surface area contributed by atoms with E-state index in [1.807, 2.05) is 26.0 Å². The number of likely N-dealkylation sites (tertiary alicyclic amines) is 1. The Morgan fingerprint density at radius 1 is 1.17 bits per heavy atom. The number of hydrogen-bond acceptors (Lipinski definition) is 3. The molecule has 1 aliphatic heterocycles. The highest BCUT2D eigenvalue weighted by Crippen LogP contribution is 2.52. The van der Waals surface area contributed by atoms with Crippen LogP contribution in [-0.2, 0) is 14.8 Å². The normalized spacial score (nSPS) is 23.5. The Morgan fingerprint density at radius 2 is 1.83 bits per heavy atom. The number of benzene rings is 2. The summed E-state index contributed by atoms with van der Waals surface area (Å²) in [7, 11) is -3.47. The van der Waals surface area contributed by atoms with E-state index >= 15 is 0 Å². The Labute approximate surface area is 223 Å². The van der Waals surface area contributed by atoms with Crippen LogP contribution in [0.2, 0.25) is 10.0 Å². The van der Waals surface area contributed by atoms with E-state index in [-0.39, 0.29) is 29.1 Å². The monoisotopic (exact) mass is 554 g/mol. The first-order valence-corrected chi connectivity index (χ1v) is 14.5. The second kappa shape index (κ2) is 11.6. The molecule has 1 amide bonds. The Bertz CT molecular complexity index is 1190. The molecule has 9 heteroatoms. The van der Waals surface area contributed by atoms with Gasteiger partial charge >= 0.3 is 0 Å². The van der Waals surface area contributed by atoms with E-state index in [4.69, 9.17) is 23.2 Å². The van der Waals surface area contributed by atoms with Crippen molar-refractivity contribution in [3.05, 3.63) is 82.1 Å². The summed E-state index contributed by atoms with van der Waals surface area (Å²) >= 11 is 12.4. The number of halogens is 3. The number of hydrogen-bond donors (Lipinski definition) is 1. The third kappa shape index (κ3) is 6.31. The third-order valence-corrected chi connectivity index (χ3v) is 8.84. The number of rotatable bonds is 10. The minimum atomic E-state index is -3.47. The van der Waals surface area contributed by atoms with Crippen molar-refractivity contribution >= 4 is 39.1 Å². The van der Waals surface area contributed by atoms with Crippen LogP contribution >= 0.6 is 23.2 Å². The predicted octanol–water partition coefficient (Wildman–Crippen LogP) is 6.49. The van der Waals surface area contributed by atoms with Gasteiger partial charge in [-0.25, -0.2) is 17.5 Å². The fraction of sp³-hybridized carbons (Fsp3) is 0.444. The molecule has 2 aromatic carbocycles. The first-order valence-electron chi connectivity index (χ1n) is 12.1. The van der Waals surface area contributed by atoms with E-state index in [9.17, 15) is 17.6 Å². The zero-order valence-corrected chi connectivity index (χ0v) is 23.1. The number of allylic oxidation sites excluding steroid dienone is 1. The van der Waals surface area contributed by atoms with E-state index in [0.29, 0.717) is 29.8 Å². The van der Waals surface area contributed by atoms with Gasteiger partial charge in [0.1, 0.15) is 5.82 Å². The SMILES string of the molecule is C=CC[C@@]1(C)C[C@H](c2cc(F)cc(Cl)c2)[C@@H](c2ccc(Cl)cc2)N([C@@H](CC)CNS(=O)(=O)CC)C1=O. The lowest BCUT2D eigenvalue weighted by atomic mass is 9.67. The van der Waals surface area contributed by atoms with Crippen LogP contribution in [0, 0.1) is 11.2 Å². The molecule has 1 saturated heterocycles. The highest BCUT2D eigenvalue weighted by atomic mass is 35.5. The van der Waals surface area contributed by atoms with Crippen LogP contribution in [0.5, 0.6) is 0 Å². The van der Waals surface area contributed by atoms with Crippen LogP contribution in [0.25, 0.3) is 0 Å². The van der Waals surface area contributed by atoms with Gasteiger partial charge in [0.05, 0.1) is 17.2 Å². The van der Waals surface area contributed by atoms with Gasteiger partial charge in [-0.15, -0.1) is 6.58 Å². The van der Waals surface area contributed by atoms with Gasteiger partial charge in [-0.05, 0) is 67.6 Å². The van der Waals surface area contributed by atoms with E-state index in [0.717, 1.165) is 5.56 Å². The molecule has 1 N–H and O–H groups in total. The summed E-state index contributed by atoms with van der Waals surface area (Å²) in [5.74, 6) is -0.914. The summed E-state index contributed by atoms with van der Waals surface area (Å²) < 4.78 is 41.7. The molecule has 4 atom stereocenters. The van der Waals surface area contributed by atoms with Crippen molar-refractivity contribution in [2.75, 3.05) is 12.3 Å². The van der Waals surface area contributed by atoms with E-state index < -0.39 is 33.3 Å². The molecule has 1 aliphatic rings. The second-order valence-corrected chi connectivity index (χ2v) is 12.6. The number of nitrogens with one attached hydrogen (secondary N) is 1. The van der Waals surface area contributed by atoms with Crippen molar-refractivity contribution < 1.29 is 17.6 Å². The van der Waals surface area contributed by atoms with Crippen LogP contribution < -0.4 is 4.72 Å². The molecule has 0 saturated carbocycles. The number of amides is 1. The maximum Gasteiger partial charge on any atom is 0.229 e. The molecule has 0 radical (unpaired) electrons. The second-order valence-electron chi connectivity index (χ2n) is 9.59. The maximum atomic E-state index is 14.5. The minimum Gasteiger partial charge on any atom is -0.330 e. The van der Waals surface area contributed by atoms with Gasteiger partial charge in [0.2, 0.25) is 15.9 Å². The van der Waals surface area contributed by atoms with Crippen molar-refractivity contribution in [2.24, 2.45) is 5.41 Å². The first-order chi connectivity index (χ1) is 16.9. The van der Waals surface area contributed by atoms with Gasteiger partial charge in [0.15, 0.2) is 0 Å². The molecule has 0 aromatic heterocycles. The highest BCUT2D eigenvalue weighted by Gasteiger charge is 2.51. The van der Waals surface area contributed by atoms with Gasteiger partial charge in [-0.3, -0.25) is 4.79 Å². The van der Waals surface area contributed by atoms with Gasteiger partial charge in [-0.2, -0.15) is 0 Å². The first kappa shape index (κ1) is 28.6. The smallest absolute Gasteiger partial charge is 0.229 e. The Hall–Kier alpha value is -1.93. The molecule has 5 nitrogen and oxygen atoms in total. The maximum absolute atomic E-state index is 14.5. The van der Waals surface area contributed by atoms with E-state index in [1.165, 1.54) is 12.1 Å². The molecule has 36 heavy (non-hydrogen) atoms. The Kier molecular flexibility index (Phi) is 9.25. The van der Waals surface area contributed by atoms with Crippen LogP contribution in [0.15, 0.2) is 55.1 Å². The number of sulfonamides is 1. The van der Waals surface area contributed by atoms with Crippen molar-refractivity contribution in [1.29, 1.82) is 0 Å². The summed E-state index contributed by atoms with van der Waals surface area (Å²) in [5, 5.41) is 0.827. The minimum absolute atomic E-state index is 0.0589. The summed E-state index contributed by atoms with van der Waals surface area (Å²) in [6, 6.07) is 10.8. The molecule has 2 aromatic rings. The lowest BCUT2D eigenvalue weighted by molar-refractivity contribution is -0.154. The fourth-order valence-electron chi connectivity index (χ4n) is 5.11. The predicted molar refractivity (Wildman–Crippen MR) is 144 cm³/mol. The van der Waals surface area contributed by atoms with Gasteiger partial charge in [-0.1, -0.05) is 55.3 Å². The van der Waals surface area contributed by atoms with Crippen LogP contribution in [0.3, 0.4) is 0 Å². The van der Waals surface area contributed by atoms with Crippen LogP contribution in [-0.4, -0.2) is 37.6 Å². The molecule has 1 fully saturated rings. The molecular formula is C27H33Cl2FN2O3S. The topological polar surface area (TPSA) is 66.5 Å². The summed E-state index contributed by atoms with van der Waals surface area (Å²) in [4.78, 5) is 16.0. The van der Waals surface area contributed by atoms with Crippen LogP contribution in [0.4, 0.5) is 4.39 Å².